The number of carbonyl (C=O) groups is 2. The largest absolute Gasteiger partial charge is 0.496 e. The summed E-state index contributed by atoms with van der Waals surface area (Å²) < 4.78 is 25.0. The highest BCUT2D eigenvalue weighted by atomic mass is 35.5. The Morgan fingerprint density at radius 2 is 2.00 bits per heavy atom. The Kier molecular flexibility index (Phi) is 5.77. The van der Waals surface area contributed by atoms with Gasteiger partial charge in [-0.3, -0.25) is 9.59 Å². The van der Waals surface area contributed by atoms with Crippen molar-refractivity contribution in [2.24, 2.45) is 0 Å². The molecule has 158 valence electrons. The van der Waals surface area contributed by atoms with Crippen molar-refractivity contribution in [2.45, 2.75) is 6.54 Å². The lowest BCUT2D eigenvalue weighted by Crippen LogP contribution is -2.38. The number of fused-ring (bicyclic) bond motifs is 1. The minimum absolute atomic E-state index is 0.0649. The number of hydrogen-bond acceptors (Lipinski definition) is 4. The van der Waals surface area contributed by atoms with Crippen molar-refractivity contribution in [3.8, 4) is 11.5 Å². The monoisotopic (exact) mass is 440 g/mol. The zero-order chi connectivity index (χ0) is 22.0. The van der Waals surface area contributed by atoms with Gasteiger partial charge in [0.05, 0.1) is 24.9 Å². The van der Waals surface area contributed by atoms with Crippen LogP contribution in [0.5, 0.6) is 11.5 Å². The normalized spacial score (nSPS) is 12.7. The summed E-state index contributed by atoms with van der Waals surface area (Å²) >= 11 is 6.14. The lowest BCUT2D eigenvalue weighted by molar-refractivity contribution is -0.121. The van der Waals surface area contributed by atoms with E-state index in [0.717, 1.165) is 0 Å². The third-order valence-electron chi connectivity index (χ3n) is 4.89. The number of benzene rings is 3. The van der Waals surface area contributed by atoms with Gasteiger partial charge in [0, 0.05) is 16.3 Å². The van der Waals surface area contributed by atoms with Crippen LogP contribution in [0.4, 0.5) is 15.8 Å². The van der Waals surface area contributed by atoms with Crippen molar-refractivity contribution < 1.29 is 23.5 Å². The van der Waals surface area contributed by atoms with Crippen LogP contribution in [-0.4, -0.2) is 25.5 Å². The van der Waals surface area contributed by atoms with Crippen LogP contribution >= 0.6 is 11.6 Å². The topological polar surface area (TPSA) is 67.9 Å². The van der Waals surface area contributed by atoms with Crippen molar-refractivity contribution in [3.63, 3.8) is 0 Å². The van der Waals surface area contributed by atoms with Crippen LogP contribution < -0.4 is 19.7 Å². The van der Waals surface area contributed by atoms with Crippen LogP contribution in [0.1, 0.15) is 15.9 Å². The number of carbonyl (C=O) groups excluding carboxylic acids is 2. The molecule has 0 spiro atoms. The summed E-state index contributed by atoms with van der Waals surface area (Å²) in [5.41, 5.74) is 1.42. The molecule has 1 aliphatic rings. The van der Waals surface area contributed by atoms with Gasteiger partial charge in [-0.25, -0.2) is 4.39 Å². The lowest BCUT2D eigenvalue weighted by Gasteiger charge is -2.30. The second-order valence-electron chi connectivity index (χ2n) is 6.81. The van der Waals surface area contributed by atoms with Gasteiger partial charge in [-0.1, -0.05) is 29.8 Å². The van der Waals surface area contributed by atoms with Gasteiger partial charge < -0.3 is 19.7 Å². The molecule has 4 rings (SSSR count). The highest BCUT2D eigenvalue weighted by Crippen LogP contribution is 2.36. The molecule has 0 radical (unpaired) electrons. The fourth-order valence-electron chi connectivity index (χ4n) is 3.33. The van der Waals surface area contributed by atoms with Crippen molar-refractivity contribution in [1.82, 2.24) is 0 Å². The maximum absolute atomic E-state index is 14.3. The Hall–Kier alpha value is -3.58. The van der Waals surface area contributed by atoms with E-state index in [1.165, 1.54) is 24.1 Å². The molecule has 0 fully saturated rings. The highest BCUT2D eigenvalue weighted by Gasteiger charge is 2.28. The number of nitrogens with zero attached hydrogens (tertiary/aromatic N) is 1. The van der Waals surface area contributed by atoms with Gasteiger partial charge in [-0.05, 0) is 42.5 Å². The van der Waals surface area contributed by atoms with Crippen LogP contribution in [0.15, 0.2) is 60.7 Å². The van der Waals surface area contributed by atoms with Crippen LogP contribution in [0.25, 0.3) is 0 Å². The fourth-order valence-corrected chi connectivity index (χ4v) is 3.55. The molecule has 0 saturated heterocycles. The van der Waals surface area contributed by atoms with Gasteiger partial charge in [-0.15, -0.1) is 0 Å². The average molecular weight is 441 g/mol. The van der Waals surface area contributed by atoms with Crippen LogP contribution in [0.2, 0.25) is 5.02 Å². The van der Waals surface area contributed by atoms with Crippen LogP contribution in [-0.2, 0) is 11.3 Å². The molecule has 0 bridgehead atoms. The number of hydrogen-bond donors (Lipinski definition) is 1. The Labute approximate surface area is 183 Å². The minimum Gasteiger partial charge on any atom is -0.496 e. The molecule has 3 aromatic carbocycles. The van der Waals surface area contributed by atoms with Crippen molar-refractivity contribution in [3.05, 3.63) is 82.6 Å². The minimum atomic E-state index is -0.506. The molecule has 31 heavy (non-hydrogen) atoms. The van der Waals surface area contributed by atoms with Gasteiger partial charge >= 0.3 is 0 Å². The van der Waals surface area contributed by atoms with Crippen molar-refractivity contribution >= 4 is 34.8 Å². The highest BCUT2D eigenvalue weighted by molar-refractivity contribution is 6.31. The fraction of sp³-hybridized carbons (Fsp3) is 0.130. The summed E-state index contributed by atoms with van der Waals surface area (Å²) in [6.45, 7) is -0.239. The van der Waals surface area contributed by atoms with Crippen LogP contribution in [0, 0.1) is 5.82 Å². The molecule has 0 saturated carbocycles. The summed E-state index contributed by atoms with van der Waals surface area (Å²) in [4.78, 5) is 26.7. The zero-order valence-corrected chi connectivity index (χ0v) is 17.3. The number of halogens is 2. The molecule has 0 aliphatic carbocycles. The van der Waals surface area contributed by atoms with Gasteiger partial charge in [0.2, 0.25) is 0 Å². The third kappa shape index (κ3) is 4.18. The molecule has 1 aliphatic heterocycles. The van der Waals surface area contributed by atoms with Gasteiger partial charge in [0.25, 0.3) is 11.8 Å². The summed E-state index contributed by atoms with van der Waals surface area (Å²) in [5.74, 6) is -0.340. The van der Waals surface area contributed by atoms with E-state index in [1.807, 2.05) is 0 Å². The third-order valence-corrected chi connectivity index (χ3v) is 5.24. The molecule has 1 heterocycles. The van der Waals surface area contributed by atoms with Gasteiger partial charge in [-0.2, -0.15) is 0 Å². The zero-order valence-electron chi connectivity index (χ0n) is 16.5. The molecule has 6 nitrogen and oxygen atoms in total. The first-order chi connectivity index (χ1) is 15.0. The van der Waals surface area contributed by atoms with E-state index in [2.05, 4.69) is 5.32 Å². The van der Waals surface area contributed by atoms with E-state index in [0.29, 0.717) is 28.4 Å². The Balaban J connectivity index is 1.64. The maximum atomic E-state index is 14.3. The first-order valence-corrected chi connectivity index (χ1v) is 9.80. The summed E-state index contributed by atoms with van der Waals surface area (Å²) in [7, 11) is 1.49. The van der Waals surface area contributed by atoms with E-state index in [9.17, 15) is 14.0 Å². The molecule has 0 atom stereocenters. The second-order valence-corrected chi connectivity index (χ2v) is 7.21. The standard InChI is InChI=1S/C23H18ClFN2O4/c1-30-20-8-3-2-5-15(20)23(29)26-14-9-10-21-19(11-14)27(22(28)13-31-21)12-16-17(24)6-4-7-18(16)25/h2-11H,12-13H2,1H3,(H,26,29). The smallest absolute Gasteiger partial charge is 0.265 e. The van der Waals surface area contributed by atoms with Crippen LogP contribution in [0.3, 0.4) is 0 Å². The Bertz CT molecular complexity index is 1150. The quantitative estimate of drug-likeness (QED) is 0.626. The number of para-hydroxylation sites is 1. The van der Waals surface area contributed by atoms with E-state index < -0.39 is 5.82 Å². The number of anilines is 2. The predicted molar refractivity (Wildman–Crippen MR) is 115 cm³/mol. The first kappa shape index (κ1) is 20.7. The summed E-state index contributed by atoms with van der Waals surface area (Å²) in [6, 6.07) is 16.1. The summed E-state index contributed by atoms with van der Waals surface area (Å²) in [6.07, 6.45) is 0. The van der Waals surface area contributed by atoms with E-state index >= 15 is 0 Å². The lowest BCUT2D eigenvalue weighted by atomic mass is 10.1. The van der Waals surface area contributed by atoms with Gasteiger partial charge in [0.1, 0.15) is 17.3 Å². The molecular weight excluding hydrogens is 423 g/mol. The number of nitrogens with one attached hydrogen (secondary N) is 1. The Morgan fingerprint density at radius 3 is 2.77 bits per heavy atom. The summed E-state index contributed by atoms with van der Waals surface area (Å²) in [5, 5.41) is 3.02. The maximum Gasteiger partial charge on any atom is 0.265 e. The number of ether oxygens (including phenoxy) is 2. The molecule has 0 aromatic heterocycles. The first-order valence-electron chi connectivity index (χ1n) is 9.42. The molecule has 0 unspecified atom stereocenters. The SMILES string of the molecule is COc1ccccc1C(=O)Nc1ccc2c(c1)N(Cc1c(F)cccc1Cl)C(=O)CO2. The van der Waals surface area contributed by atoms with Gasteiger partial charge in [0.15, 0.2) is 6.61 Å². The average Bonchev–Trinajstić information content (AvgIpc) is 2.77. The van der Waals surface area contributed by atoms with Crippen molar-refractivity contribution in [2.75, 3.05) is 23.9 Å². The Morgan fingerprint density at radius 1 is 1.19 bits per heavy atom. The van der Waals surface area contributed by atoms with E-state index in [1.54, 1.807) is 48.5 Å². The molecule has 2 amide bonds. The number of amides is 2. The predicted octanol–water partition coefficient (Wildman–Crippen LogP) is 4.67. The van der Waals surface area contributed by atoms with Crippen molar-refractivity contribution in [1.29, 1.82) is 0 Å². The van der Waals surface area contributed by atoms with E-state index in [-0.39, 0.29) is 35.6 Å². The molecule has 1 N–H and O–H groups in total. The molecule has 8 heteroatoms. The number of methoxy groups -OCH3 is 1. The molecular formula is C23H18ClFN2O4. The van der Waals surface area contributed by atoms with E-state index in [4.69, 9.17) is 21.1 Å². The molecule has 3 aromatic rings. The second kappa shape index (κ2) is 8.65. The number of rotatable bonds is 5.